The Hall–Kier alpha value is -3.12. The first-order chi connectivity index (χ1) is 16.9. The molecule has 0 atom stereocenters. The number of carbonyl (C=O) groups excluding carboxylic acids is 2. The first-order valence-corrected chi connectivity index (χ1v) is 12.9. The van der Waals surface area contributed by atoms with Crippen LogP contribution in [0.25, 0.3) is 5.57 Å². The van der Waals surface area contributed by atoms with Crippen LogP contribution in [-0.4, -0.2) is 66.5 Å². The van der Waals surface area contributed by atoms with E-state index in [-0.39, 0.29) is 17.4 Å². The van der Waals surface area contributed by atoms with E-state index in [4.69, 9.17) is 4.74 Å². The van der Waals surface area contributed by atoms with Gasteiger partial charge in [-0.3, -0.25) is 9.59 Å². The van der Waals surface area contributed by atoms with Gasteiger partial charge in [0.05, 0.1) is 0 Å². The molecule has 1 fully saturated rings. The Kier molecular flexibility index (Phi) is 7.60. The Balaban J connectivity index is 1.76. The number of piperidine rings is 1. The van der Waals surface area contributed by atoms with E-state index in [1.807, 2.05) is 80.0 Å². The standard InChI is InChI=1S/C29H37N3O3/c1-5-31(6-2)27(33)22-11-9-21(10-12-22)25-20-29(15-17-30-18-16-29)35-26-14-13-23(19-24(25)26)28(34)32(7-3)8-4/h9-14,19-20,30H,5-8,15-18H2,1-4H3. The molecule has 6 nitrogen and oxygen atoms in total. The minimum atomic E-state index is -0.367. The van der Waals surface area contributed by atoms with Gasteiger partial charge in [0.1, 0.15) is 11.4 Å². The molecule has 0 radical (unpaired) electrons. The molecule has 2 amide bonds. The summed E-state index contributed by atoms with van der Waals surface area (Å²) < 4.78 is 6.58. The van der Waals surface area contributed by atoms with Gasteiger partial charge in [0.25, 0.3) is 11.8 Å². The molecule has 6 heteroatoms. The first kappa shape index (κ1) is 25.0. The molecule has 0 aromatic heterocycles. The van der Waals surface area contributed by atoms with E-state index in [9.17, 15) is 9.59 Å². The summed E-state index contributed by atoms with van der Waals surface area (Å²) in [6.07, 6.45) is 4.01. The zero-order valence-corrected chi connectivity index (χ0v) is 21.4. The molecular weight excluding hydrogens is 438 g/mol. The van der Waals surface area contributed by atoms with E-state index >= 15 is 0 Å². The zero-order chi connectivity index (χ0) is 25.0. The predicted molar refractivity (Wildman–Crippen MR) is 140 cm³/mol. The molecule has 2 aromatic rings. The van der Waals surface area contributed by atoms with Crippen LogP contribution in [-0.2, 0) is 0 Å². The monoisotopic (exact) mass is 475 g/mol. The number of amides is 2. The lowest BCUT2D eigenvalue weighted by atomic mass is 9.83. The van der Waals surface area contributed by atoms with Gasteiger partial charge in [-0.25, -0.2) is 0 Å². The number of ether oxygens (including phenoxy) is 1. The van der Waals surface area contributed by atoms with Crippen molar-refractivity contribution >= 4 is 17.4 Å². The average molecular weight is 476 g/mol. The van der Waals surface area contributed by atoms with Crippen molar-refractivity contribution in [3.63, 3.8) is 0 Å². The fraction of sp³-hybridized carbons (Fsp3) is 0.448. The van der Waals surface area contributed by atoms with Gasteiger partial charge in [0.15, 0.2) is 0 Å². The van der Waals surface area contributed by atoms with E-state index in [2.05, 4.69) is 11.4 Å². The Labute approximate surface area is 208 Å². The van der Waals surface area contributed by atoms with E-state index in [1.165, 1.54) is 0 Å². The quantitative estimate of drug-likeness (QED) is 0.636. The third-order valence-electron chi connectivity index (χ3n) is 7.23. The van der Waals surface area contributed by atoms with E-state index < -0.39 is 0 Å². The SMILES string of the molecule is CCN(CC)C(=O)c1ccc(C2=CC3(CCNCC3)Oc3ccc(C(=O)N(CC)CC)cc32)cc1. The summed E-state index contributed by atoms with van der Waals surface area (Å²) >= 11 is 0. The van der Waals surface area contributed by atoms with Crippen LogP contribution in [0.15, 0.2) is 48.5 Å². The summed E-state index contributed by atoms with van der Waals surface area (Å²) in [5, 5.41) is 3.42. The second-order valence-electron chi connectivity index (χ2n) is 9.22. The fourth-order valence-corrected chi connectivity index (χ4v) is 5.07. The van der Waals surface area contributed by atoms with Crippen LogP contribution in [0.1, 0.15) is 72.4 Å². The van der Waals surface area contributed by atoms with E-state index in [0.717, 1.165) is 48.4 Å². The maximum Gasteiger partial charge on any atom is 0.253 e. The number of nitrogens with zero attached hydrogens (tertiary/aromatic N) is 2. The topological polar surface area (TPSA) is 61.9 Å². The van der Waals surface area contributed by atoms with Gasteiger partial charge in [-0.2, -0.15) is 0 Å². The van der Waals surface area contributed by atoms with Crippen molar-refractivity contribution in [1.29, 1.82) is 0 Å². The lowest BCUT2D eigenvalue weighted by Gasteiger charge is -2.40. The van der Waals surface area contributed by atoms with Crippen LogP contribution in [0, 0.1) is 0 Å². The molecule has 0 saturated carbocycles. The summed E-state index contributed by atoms with van der Waals surface area (Å²) in [6.45, 7) is 12.5. The normalized spacial score (nSPS) is 16.2. The highest BCUT2D eigenvalue weighted by Crippen LogP contribution is 2.43. The lowest BCUT2D eigenvalue weighted by molar-refractivity contribution is 0.0762. The molecule has 2 aliphatic rings. The van der Waals surface area contributed by atoms with Gasteiger partial charge < -0.3 is 19.9 Å². The number of nitrogens with one attached hydrogen (secondary N) is 1. The maximum atomic E-state index is 13.1. The van der Waals surface area contributed by atoms with Crippen LogP contribution in [0.3, 0.4) is 0 Å². The van der Waals surface area contributed by atoms with Gasteiger partial charge >= 0.3 is 0 Å². The number of hydrogen-bond donors (Lipinski definition) is 1. The molecule has 2 heterocycles. The van der Waals surface area contributed by atoms with Crippen LogP contribution in [0.2, 0.25) is 0 Å². The van der Waals surface area contributed by atoms with Crippen molar-refractivity contribution in [2.24, 2.45) is 0 Å². The second-order valence-corrected chi connectivity index (χ2v) is 9.22. The summed E-state index contributed by atoms with van der Waals surface area (Å²) in [5.74, 6) is 0.882. The molecule has 186 valence electrons. The highest BCUT2D eigenvalue weighted by atomic mass is 16.5. The largest absolute Gasteiger partial charge is 0.482 e. The fourth-order valence-electron chi connectivity index (χ4n) is 5.07. The Morgan fingerprint density at radius 3 is 1.94 bits per heavy atom. The summed E-state index contributed by atoms with van der Waals surface area (Å²) in [5.41, 5.74) is 3.99. The van der Waals surface area contributed by atoms with Crippen molar-refractivity contribution < 1.29 is 14.3 Å². The number of fused-ring (bicyclic) bond motifs is 1. The Bertz CT molecular complexity index is 1090. The molecule has 35 heavy (non-hydrogen) atoms. The van der Waals surface area contributed by atoms with Crippen molar-refractivity contribution in [2.45, 2.75) is 46.1 Å². The first-order valence-electron chi connectivity index (χ1n) is 12.9. The van der Waals surface area contributed by atoms with Gasteiger partial charge in [-0.1, -0.05) is 12.1 Å². The highest BCUT2D eigenvalue weighted by Gasteiger charge is 2.37. The molecule has 0 unspecified atom stereocenters. The van der Waals surface area contributed by atoms with E-state index in [0.29, 0.717) is 37.3 Å². The van der Waals surface area contributed by atoms with Crippen LogP contribution in [0.5, 0.6) is 5.75 Å². The third kappa shape index (κ3) is 4.98. The van der Waals surface area contributed by atoms with Gasteiger partial charge in [0.2, 0.25) is 0 Å². The number of carbonyl (C=O) groups is 2. The van der Waals surface area contributed by atoms with Crippen LogP contribution < -0.4 is 10.1 Å². The summed E-state index contributed by atoms with van der Waals surface area (Å²) in [7, 11) is 0. The average Bonchev–Trinajstić information content (AvgIpc) is 2.90. The zero-order valence-electron chi connectivity index (χ0n) is 21.4. The van der Waals surface area contributed by atoms with Crippen LogP contribution in [0.4, 0.5) is 0 Å². The van der Waals surface area contributed by atoms with Crippen molar-refractivity contribution in [3.8, 4) is 5.75 Å². The Morgan fingerprint density at radius 1 is 0.829 bits per heavy atom. The second kappa shape index (κ2) is 10.6. The molecule has 0 bridgehead atoms. The summed E-state index contributed by atoms with van der Waals surface area (Å²) in [4.78, 5) is 29.6. The van der Waals surface area contributed by atoms with Crippen LogP contribution >= 0.6 is 0 Å². The minimum absolute atomic E-state index is 0.0273. The highest BCUT2D eigenvalue weighted by molar-refractivity contribution is 5.97. The van der Waals surface area contributed by atoms with Gasteiger partial charge in [-0.05, 0) is 88.3 Å². The Morgan fingerprint density at radius 2 is 1.37 bits per heavy atom. The number of hydrogen-bond acceptors (Lipinski definition) is 4. The molecule has 4 rings (SSSR count). The van der Waals surface area contributed by atoms with Gasteiger partial charge in [-0.15, -0.1) is 0 Å². The van der Waals surface area contributed by atoms with Gasteiger partial charge in [0, 0.05) is 55.7 Å². The molecule has 2 aliphatic heterocycles. The van der Waals surface area contributed by atoms with Crippen molar-refractivity contribution in [3.05, 3.63) is 70.8 Å². The van der Waals surface area contributed by atoms with E-state index in [1.54, 1.807) is 0 Å². The minimum Gasteiger partial charge on any atom is -0.482 e. The number of rotatable bonds is 7. The molecule has 1 saturated heterocycles. The maximum absolute atomic E-state index is 13.1. The lowest BCUT2D eigenvalue weighted by Crippen LogP contribution is -2.46. The van der Waals surface area contributed by atoms with Crippen molar-refractivity contribution in [1.82, 2.24) is 15.1 Å². The predicted octanol–water partition coefficient (Wildman–Crippen LogP) is 4.60. The third-order valence-corrected chi connectivity index (χ3v) is 7.23. The smallest absolute Gasteiger partial charge is 0.253 e. The number of benzene rings is 2. The summed E-state index contributed by atoms with van der Waals surface area (Å²) in [6, 6.07) is 13.6. The molecular formula is C29H37N3O3. The molecule has 2 aromatic carbocycles. The molecule has 0 aliphatic carbocycles. The molecule has 1 spiro atoms. The molecule has 1 N–H and O–H groups in total. The van der Waals surface area contributed by atoms with Crippen molar-refractivity contribution in [2.75, 3.05) is 39.3 Å².